The molecule has 0 saturated heterocycles. The van der Waals surface area contributed by atoms with Crippen LogP contribution in [0.25, 0.3) is 0 Å². The van der Waals surface area contributed by atoms with E-state index in [4.69, 9.17) is 21.4 Å². The summed E-state index contributed by atoms with van der Waals surface area (Å²) in [5, 5.41) is 8.89. The van der Waals surface area contributed by atoms with Crippen molar-refractivity contribution < 1.29 is 23.1 Å². The van der Waals surface area contributed by atoms with Gasteiger partial charge in [0.1, 0.15) is 4.90 Å². The molecule has 1 rings (SSSR count). The lowest BCUT2D eigenvalue weighted by Crippen LogP contribution is -2.30. The van der Waals surface area contributed by atoms with Crippen LogP contribution in [0.5, 0.6) is 0 Å². The number of carboxylic acids is 1. The number of sulfonamides is 1. The van der Waals surface area contributed by atoms with Gasteiger partial charge in [-0.15, -0.1) is 0 Å². The fourth-order valence-electron chi connectivity index (χ4n) is 1.46. The molecule has 0 saturated carbocycles. The van der Waals surface area contributed by atoms with E-state index in [1.807, 2.05) is 6.92 Å². The average Bonchev–Trinajstić information content (AvgIpc) is 2.38. The Hall–Kier alpha value is -1.15. The Balaban J connectivity index is 3.08. The minimum Gasteiger partial charge on any atom is -0.478 e. The van der Waals surface area contributed by atoms with Crippen LogP contribution in [0.4, 0.5) is 0 Å². The van der Waals surface area contributed by atoms with Gasteiger partial charge in [-0.3, -0.25) is 0 Å². The molecule has 0 aromatic heterocycles. The number of carboxylic acid groups (broad SMARTS) is 1. The average molecular weight is 322 g/mol. The molecule has 20 heavy (non-hydrogen) atoms. The van der Waals surface area contributed by atoms with Crippen molar-refractivity contribution in [3.05, 3.63) is 28.8 Å². The summed E-state index contributed by atoms with van der Waals surface area (Å²) in [5.74, 6) is -1.21. The molecular weight excluding hydrogens is 306 g/mol. The van der Waals surface area contributed by atoms with Crippen LogP contribution in [0, 0.1) is 0 Å². The lowest BCUT2D eigenvalue weighted by atomic mass is 10.2. The third-order valence-electron chi connectivity index (χ3n) is 2.62. The molecule has 0 amide bonds. The van der Waals surface area contributed by atoms with Crippen LogP contribution in [0.2, 0.25) is 5.02 Å². The monoisotopic (exact) mass is 321 g/mol. The number of halogens is 1. The molecule has 0 fully saturated rings. The first-order valence-electron chi connectivity index (χ1n) is 5.87. The fourth-order valence-corrected chi connectivity index (χ4v) is 3.11. The Morgan fingerprint density at radius 2 is 2.10 bits per heavy atom. The first kappa shape index (κ1) is 16.9. The van der Waals surface area contributed by atoms with E-state index < -0.39 is 16.0 Å². The number of likely N-dealkylation sites (N-methyl/N-ethyl adjacent to an activating group) is 1. The molecule has 0 radical (unpaired) electrons. The fraction of sp³-hybridized carbons (Fsp3) is 0.417. The van der Waals surface area contributed by atoms with Gasteiger partial charge in [-0.1, -0.05) is 11.6 Å². The summed E-state index contributed by atoms with van der Waals surface area (Å²) in [4.78, 5) is 10.7. The number of nitrogens with zero attached hydrogens (tertiary/aromatic N) is 1. The molecule has 0 atom stereocenters. The van der Waals surface area contributed by atoms with E-state index >= 15 is 0 Å². The van der Waals surface area contributed by atoms with Gasteiger partial charge in [0, 0.05) is 20.2 Å². The minimum absolute atomic E-state index is 0.0155. The second-order valence-electron chi connectivity index (χ2n) is 3.97. The smallest absolute Gasteiger partial charge is 0.335 e. The summed E-state index contributed by atoms with van der Waals surface area (Å²) in [6.45, 7) is 2.71. The maximum absolute atomic E-state index is 12.3. The van der Waals surface area contributed by atoms with Crippen molar-refractivity contribution in [2.24, 2.45) is 0 Å². The summed E-state index contributed by atoms with van der Waals surface area (Å²) in [6.07, 6.45) is 0. The molecule has 0 aliphatic heterocycles. The van der Waals surface area contributed by atoms with Crippen molar-refractivity contribution >= 4 is 27.6 Å². The van der Waals surface area contributed by atoms with Crippen LogP contribution in [0.1, 0.15) is 17.3 Å². The van der Waals surface area contributed by atoms with Gasteiger partial charge in [0.2, 0.25) is 10.0 Å². The van der Waals surface area contributed by atoms with Gasteiger partial charge in [-0.2, -0.15) is 4.31 Å². The number of aromatic carboxylic acids is 1. The highest BCUT2D eigenvalue weighted by atomic mass is 35.5. The largest absolute Gasteiger partial charge is 0.478 e. The van der Waals surface area contributed by atoms with Gasteiger partial charge in [0.25, 0.3) is 0 Å². The van der Waals surface area contributed by atoms with Crippen molar-refractivity contribution in [3.8, 4) is 0 Å². The summed E-state index contributed by atoms with van der Waals surface area (Å²) < 4.78 is 30.8. The standard InChI is InChI=1S/C12H16ClNO5S/c1-3-19-7-6-14(2)20(17,18)11-8-9(12(15)16)4-5-10(11)13/h4-5,8H,3,6-7H2,1-2H3,(H,15,16). The highest BCUT2D eigenvalue weighted by Crippen LogP contribution is 2.25. The number of carbonyl (C=O) groups is 1. The molecule has 6 nitrogen and oxygen atoms in total. The normalized spacial score (nSPS) is 11.8. The molecule has 0 aliphatic carbocycles. The Labute approximate surface area is 123 Å². The molecule has 0 heterocycles. The maximum Gasteiger partial charge on any atom is 0.335 e. The van der Waals surface area contributed by atoms with Gasteiger partial charge in [-0.05, 0) is 25.1 Å². The summed E-state index contributed by atoms with van der Waals surface area (Å²) in [5.41, 5.74) is -0.133. The molecule has 0 aliphatic rings. The van der Waals surface area contributed by atoms with E-state index in [1.54, 1.807) is 0 Å². The molecular formula is C12H16ClNO5S. The van der Waals surface area contributed by atoms with Crippen LogP contribution < -0.4 is 0 Å². The molecule has 112 valence electrons. The molecule has 0 bridgehead atoms. The summed E-state index contributed by atoms with van der Waals surface area (Å²) in [6, 6.07) is 3.56. The predicted molar refractivity (Wildman–Crippen MR) is 74.7 cm³/mol. The lowest BCUT2D eigenvalue weighted by Gasteiger charge is -2.18. The Bertz CT molecular complexity index is 588. The molecule has 1 N–H and O–H groups in total. The topological polar surface area (TPSA) is 83.9 Å². The molecule has 1 aromatic rings. The zero-order valence-electron chi connectivity index (χ0n) is 11.2. The maximum atomic E-state index is 12.3. The van der Waals surface area contributed by atoms with E-state index in [0.717, 1.165) is 10.4 Å². The highest BCUT2D eigenvalue weighted by Gasteiger charge is 2.24. The van der Waals surface area contributed by atoms with Gasteiger partial charge in [0.05, 0.1) is 17.2 Å². The van der Waals surface area contributed by atoms with Crippen molar-refractivity contribution in [2.45, 2.75) is 11.8 Å². The lowest BCUT2D eigenvalue weighted by molar-refractivity contribution is 0.0696. The number of rotatable bonds is 7. The Morgan fingerprint density at radius 1 is 1.45 bits per heavy atom. The van der Waals surface area contributed by atoms with Crippen LogP contribution >= 0.6 is 11.6 Å². The van der Waals surface area contributed by atoms with Crippen molar-refractivity contribution in [3.63, 3.8) is 0 Å². The summed E-state index contributed by atoms with van der Waals surface area (Å²) in [7, 11) is -2.46. The second-order valence-corrected chi connectivity index (χ2v) is 6.39. The third kappa shape index (κ3) is 3.92. The number of hydrogen-bond donors (Lipinski definition) is 1. The van der Waals surface area contributed by atoms with Crippen LogP contribution in [0.15, 0.2) is 23.1 Å². The predicted octanol–water partition coefficient (Wildman–Crippen LogP) is 1.70. The van der Waals surface area contributed by atoms with Gasteiger partial charge in [-0.25, -0.2) is 13.2 Å². The highest BCUT2D eigenvalue weighted by molar-refractivity contribution is 7.89. The zero-order chi connectivity index (χ0) is 15.3. The Morgan fingerprint density at radius 3 is 2.65 bits per heavy atom. The Kier molecular flexibility index (Phi) is 5.94. The molecule has 0 spiro atoms. The van der Waals surface area contributed by atoms with Crippen LogP contribution in [-0.4, -0.2) is 50.6 Å². The van der Waals surface area contributed by atoms with E-state index in [2.05, 4.69) is 0 Å². The molecule has 1 aromatic carbocycles. The summed E-state index contributed by atoms with van der Waals surface area (Å²) >= 11 is 5.86. The van der Waals surface area contributed by atoms with Gasteiger partial charge >= 0.3 is 5.97 Å². The van der Waals surface area contributed by atoms with Crippen molar-refractivity contribution in [1.29, 1.82) is 0 Å². The first-order valence-corrected chi connectivity index (χ1v) is 7.69. The quantitative estimate of drug-likeness (QED) is 0.773. The van der Waals surface area contributed by atoms with Gasteiger partial charge < -0.3 is 9.84 Å². The SMILES string of the molecule is CCOCCN(C)S(=O)(=O)c1cc(C(=O)O)ccc1Cl. The van der Waals surface area contributed by atoms with Crippen LogP contribution in [-0.2, 0) is 14.8 Å². The minimum atomic E-state index is -3.85. The number of ether oxygens (including phenoxy) is 1. The van der Waals surface area contributed by atoms with Crippen LogP contribution in [0.3, 0.4) is 0 Å². The van der Waals surface area contributed by atoms with E-state index in [-0.39, 0.29) is 28.6 Å². The second kappa shape index (κ2) is 7.03. The van der Waals surface area contributed by atoms with E-state index in [9.17, 15) is 13.2 Å². The van der Waals surface area contributed by atoms with Crippen molar-refractivity contribution in [2.75, 3.05) is 26.8 Å². The molecule has 8 heteroatoms. The zero-order valence-corrected chi connectivity index (χ0v) is 12.7. The number of benzene rings is 1. The van der Waals surface area contributed by atoms with Gasteiger partial charge in [0.15, 0.2) is 0 Å². The van der Waals surface area contributed by atoms with E-state index in [0.29, 0.717) is 6.61 Å². The van der Waals surface area contributed by atoms with Crippen molar-refractivity contribution in [1.82, 2.24) is 4.31 Å². The number of hydrogen-bond acceptors (Lipinski definition) is 4. The molecule has 0 unspecified atom stereocenters. The van der Waals surface area contributed by atoms with E-state index in [1.165, 1.54) is 19.2 Å². The third-order valence-corrected chi connectivity index (χ3v) is 4.96. The first-order chi connectivity index (χ1) is 9.30.